The fourth-order valence-corrected chi connectivity index (χ4v) is 2.55. The highest BCUT2D eigenvalue weighted by Gasteiger charge is 2.30. The molecule has 0 amide bonds. The second kappa shape index (κ2) is 7.51. The molecule has 1 fully saturated rings. The molecular formula is C16H15Cl3FNO. The Kier molecular flexibility index (Phi) is 5.93. The Hall–Kier alpha value is -1.00. The monoisotopic (exact) mass is 361 g/mol. The molecule has 1 heterocycles. The van der Waals surface area contributed by atoms with Gasteiger partial charge in [-0.05, 0) is 42.0 Å². The lowest BCUT2D eigenvalue weighted by Crippen LogP contribution is -2.46. The molecule has 1 unspecified atom stereocenters. The zero-order valence-corrected chi connectivity index (χ0v) is 13.9. The molecule has 2 aromatic carbocycles. The van der Waals surface area contributed by atoms with E-state index < -0.39 is 5.82 Å². The molecule has 0 saturated carbocycles. The zero-order chi connectivity index (χ0) is 14.8. The number of ether oxygens (including phenoxy) is 1. The van der Waals surface area contributed by atoms with Crippen LogP contribution in [0.5, 0.6) is 5.75 Å². The van der Waals surface area contributed by atoms with E-state index in [1.807, 2.05) is 18.2 Å². The zero-order valence-electron chi connectivity index (χ0n) is 11.6. The predicted octanol–water partition coefficient (Wildman–Crippen LogP) is 4.89. The van der Waals surface area contributed by atoms with Crippen LogP contribution in [-0.2, 0) is 0 Å². The van der Waals surface area contributed by atoms with E-state index in [9.17, 15) is 4.39 Å². The average Bonchev–Trinajstić information content (AvgIpc) is 2.41. The Morgan fingerprint density at radius 2 is 1.77 bits per heavy atom. The molecule has 3 rings (SSSR count). The van der Waals surface area contributed by atoms with Gasteiger partial charge in [0.1, 0.15) is 17.7 Å². The Balaban J connectivity index is 0.00000176. The summed E-state index contributed by atoms with van der Waals surface area (Å²) in [6, 6.07) is 12.0. The van der Waals surface area contributed by atoms with Crippen LogP contribution in [0.15, 0.2) is 42.5 Å². The van der Waals surface area contributed by atoms with E-state index >= 15 is 0 Å². The molecule has 1 N–H and O–H groups in total. The van der Waals surface area contributed by atoms with Crippen molar-refractivity contribution in [2.75, 3.05) is 13.1 Å². The van der Waals surface area contributed by atoms with Gasteiger partial charge in [0.25, 0.3) is 0 Å². The normalized spacial score (nSPS) is 15.6. The quantitative estimate of drug-likeness (QED) is 0.836. The maximum Gasteiger partial charge on any atom is 0.142 e. The van der Waals surface area contributed by atoms with Crippen molar-refractivity contribution in [3.05, 3.63) is 63.9 Å². The van der Waals surface area contributed by atoms with Crippen molar-refractivity contribution in [3.8, 4) is 5.75 Å². The Bertz CT molecular complexity index is 632. The molecule has 1 atom stereocenters. The lowest BCUT2D eigenvalue weighted by molar-refractivity contribution is 0.0990. The van der Waals surface area contributed by atoms with Crippen molar-refractivity contribution in [2.24, 2.45) is 5.92 Å². The maximum atomic E-state index is 13.7. The fraction of sp³-hybridized carbons (Fsp3) is 0.250. The molecule has 0 aliphatic carbocycles. The highest BCUT2D eigenvalue weighted by Crippen LogP contribution is 2.32. The van der Waals surface area contributed by atoms with E-state index in [0.29, 0.717) is 16.7 Å². The SMILES string of the molecule is Cl.Fc1cc(C(Oc2ccc(Cl)cc2)C2CNC2)ccc1Cl. The Labute approximate surface area is 145 Å². The summed E-state index contributed by atoms with van der Waals surface area (Å²) in [7, 11) is 0. The minimum Gasteiger partial charge on any atom is -0.485 e. The Morgan fingerprint density at radius 1 is 1.09 bits per heavy atom. The van der Waals surface area contributed by atoms with Crippen molar-refractivity contribution >= 4 is 35.6 Å². The van der Waals surface area contributed by atoms with Gasteiger partial charge in [0.15, 0.2) is 0 Å². The van der Waals surface area contributed by atoms with Crippen molar-refractivity contribution in [1.82, 2.24) is 5.32 Å². The van der Waals surface area contributed by atoms with Crippen LogP contribution in [0.4, 0.5) is 4.39 Å². The van der Waals surface area contributed by atoms with Crippen LogP contribution < -0.4 is 10.1 Å². The molecule has 1 aliphatic rings. The lowest BCUT2D eigenvalue weighted by Gasteiger charge is -2.35. The first kappa shape index (κ1) is 17.4. The molecule has 0 spiro atoms. The highest BCUT2D eigenvalue weighted by molar-refractivity contribution is 6.30. The van der Waals surface area contributed by atoms with E-state index in [1.165, 1.54) is 6.07 Å². The minimum atomic E-state index is -0.425. The molecular weight excluding hydrogens is 348 g/mol. The third-order valence-electron chi connectivity index (χ3n) is 3.59. The van der Waals surface area contributed by atoms with E-state index in [2.05, 4.69) is 5.32 Å². The third-order valence-corrected chi connectivity index (χ3v) is 4.15. The molecule has 0 bridgehead atoms. The molecule has 6 heteroatoms. The molecule has 0 aromatic heterocycles. The van der Waals surface area contributed by atoms with Gasteiger partial charge in [-0.15, -0.1) is 12.4 Å². The summed E-state index contributed by atoms with van der Waals surface area (Å²) >= 11 is 11.6. The van der Waals surface area contributed by atoms with Crippen molar-refractivity contribution in [3.63, 3.8) is 0 Å². The second-order valence-corrected chi connectivity index (χ2v) is 5.93. The van der Waals surface area contributed by atoms with Gasteiger partial charge in [0.2, 0.25) is 0 Å². The van der Waals surface area contributed by atoms with E-state index in [1.54, 1.807) is 18.2 Å². The lowest BCUT2D eigenvalue weighted by atomic mass is 9.90. The van der Waals surface area contributed by atoms with E-state index in [-0.39, 0.29) is 23.5 Å². The van der Waals surface area contributed by atoms with Crippen LogP contribution >= 0.6 is 35.6 Å². The predicted molar refractivity (Wildman–Crippen MR) is 89.8 cm³/mol. The summed E-state index contributed by atoms with van der Waals surface area (Å²) in [4.78, 5) is 0. The van der Waals surface area contributed by atoms with Crippen molar-refractivity contribution in [2.45, 2.75) is 6.10 Å². The van der Waals surface area contributed by atoms with Crippen molar-refractivity contribution in [1.29, 1.82) is 0 Å². The molecule has 1 aliphatic heterocycles. The standard InChI is InChI=1S/C16H14Cl2FNO.ClH/c17-12-2-4-13(5-3-12)21-16(11-8-20-9-11)10-1-6-14(18)15(19)7-10;/h1-7,11,16,20H,8-9H2;1H. The van der Waals surface area contributed by atoms with Crippen molar-refractivity contribution < 1.29 is 9.13 Å². The number of hydrogen-bond donors (Lipinski definition) is 1. The molecule has 0 radical (unpaired) electrons. The van der Waals surface area contributed by atoms with Gasteiger partial charge < -0.3 is 10.1 Å². The summed E-state index contributed by atoms with van der Waals surface area (Å²) in [6.45, 7) is 1.70. The first-order valence-electron chi connectivity index (χ1n) is 6.71. The van der Waals surface area contributed by atoms with Crippen LogP contribution in [0.3, 0.4) is 0 Å². The summed E-state index contributed by atoms with van der Waals surface area (Å²) < 4.78 is 19.7. The third kappa shape index (κ3) is 3.85. The average molecular weight is 363 g/mol. The topological polar surface area (TPSA) is 21.3 Å². The summed E-state index contributed by atoms with van der Waals surface area (Å²) in [5.41, 5.74) is 0.790. The van der Waals surface area contributed by atoms with E-state index in [4.69, 9.17) is 27.9 Å². The number of halogens is 4. The van der Waals surface area contributed by atoms with Crippen LogP contribution in [0.1, 0.15) is 11.7 Å². The van der Waals surface area contributed by atoms with E-state index in [0.717, 1.165) is 18.7 Å². The van der Waals surface area contributed by atoms with Gasteiger partial charge in [-0.3, -0.25) is 0 Å². The van der Waals surface area contributed by atoms with Gasteiger partial charge in [-0.25, -0.2) is 4.39 Å². The van der Waals surface area contributed by atoms with Gasteiger partial charge in [0.05, 0.1) is 5.02 Å². The summed E-state index contributed by atoms with van der Waals surface area (Å²) in [6.07, 6.45) is -0.209. The molecule has 2 nitrogen and oxygen atoms in total. The minimum absolute atomic E-state index is 0. The summed E-state index contributed by atoms with van der Waals surface area (Å²) in [5, 5.41) is 3.99. The summed E-state index contributed by atoms with van der Waals surface area (Å²) in [5.74, 6) is 0.596. The first-order chi connectivity index (χ1) is 10.1. The maximum absolute atomic E-state index is 13.7. The largest absolute Gasteiger partial charge is 0.485 e. The number of hydrogen-bond acceptors (Lipinski definition) is 2. The molecule has 1 saturated heterocycles. The highest BCUT2D eigenvalue weighted by atomic mass is 35.5. The molecule has 118 valence electrons. The van der Waals surface area contributed by atoms with Gasteiger partial charge in [-0.1, -0.05) is 29.3 Å². The first-order valence-corrected chi connectivity index (χ1v) is 7.47. The van der Waals surface area contributed by atoms with Crippen LogP contribution in [-0.4, -0.2) is 13.1 Å². The smallest absolute Gasteiger partial charge is 0.142 e. The number of rotatable bonds is 4. The number of benzene rings is 2. The van der Waals surface area contributed by atoms with Gasteiger partial charge in [0, 0.05) is 24.0 Å². The number of nitrogens with one attached hydrogen (secondary N) is 1. The second-order valence-electron chi connectivity index (χ2n) is 5.08. The van der Waals surface area contributed by atoms with Crippen LogP contribution in [0, 0.1) is 11.7 Å². The Morgan fingerprint density at radius 3 is 2.32 bits per heavy atom. The molecule has 2 aromatic rings. The fourth-order valence-electron chi connectivity index (χ4n) is 2.31. The van der Waals surface area contributed by atoms with Gasteiger partial charge >= 0.3 is 0 Å². The van der Waals surface area contributed by atoms with Crippen LogP contribution in [0.2, 0.25) is 10.0 Å². The van der Waals surface area contributed by atoms with Crippen LogP contribution in [0.25, 0.3) is 0 Å². The molecule has 22 heavy (non-hydrogen) atoms. The van der Waals surface area contributed by atoms with Gasteiger partial charge in [-0.2, -0.15) is 0 Å².